The number of carboxylic acids is 1. The van der Waals surface area contributed by atoms with Gasteiger partial charge in [-0.15, -0.1) is 0 Å². The second-order valence-corrected chi connectivity index (χ2v) is 3.90. The van der Waals surface area contributed by atoms with E-state index in [2.05, 4.69) is 10.6 Å². The average Bonchev–Trinajstić information content (AvgIpc) is 2.28. The zero-order chi connectivity index (χ0) is 12.8. The lowest BCUT2D eigenvalue weighted by Crippen LogP contribution is -2.55. The third kappa shape index (κ3) is 3.93. The number of nitrogens with one attached hydrogen (secondary N) is 2. The quantitative estimate of drug-likeness (QED) is 0.613. The van der Waals surface area contributed by atoms with Crippen LogP contribution in [0.5, 0.6) is 0 Å². The zero-order valence-corrected chi connectivity index (χ0v) is 9.73. The first-order valence-corrected chi connectivity index (χ1v) is 5.59. The van der Waals surface area contributed by atoms with Crippen LogP contribution in [0.15, 0.2) is 0 Å². The van der Waals surface area contributed by atoms with Crippen LogP contribution in [-0.4, -0.2) is 53.6 Å². The lowest BCUT2D eigenvalue weighted by molar-refractivity contribution is -0.139. The number of hydrogen-bond donors (Lipinski definition) is 3. The van der Waals surface area contributed by atoms with Crippen LogP contribution in [0.25, 0.3) is 0 Å². The summed E-state index contributed by atoms with van der Waals surface area (Å²) in [6.45, 7) is 2.62. The van der Waals surface area contributed by atoms with E-state index < -0.39 is 18.0 Å². The van der Waals surface area contributed by atoms with Crippen molar-refractivity contribution in [2.24, 2.45) is 0 Å². The topological polar surface area (TPSA) is 98.7 Å². The van der Waals surface area contributed by atoms with Gasteiger partial charge < -0.3 is 20.6 Å². The molecule has 17 heavy (non-hydrogen) atoms. The molecule has 1 saturated heterocycles. The number of urea groups is 1. The molecule has 0 aromatic heterocycles. The third-order valence-electron chi connectivity index (χ3n) is 2.50. The van der Waals surface area contributed by atoms with Crippen molar-refractivity contribution < 1.29 is 19.5 Å². The molecule has 1 heterocycles. The lowest BCUT2D eigenvalue weighted by atomic mass is 10.2. The van der Waals surface area contributed by atoms with Crippen LogP contribution >= 0.6 is 0 Å². The van der Waals surface area contributed by atoms with Crippen LogP contribution in [0.3, 0.4) is 0 Å². The molecule has 1 rings (SSSR count). The van der Waals surface area contributed by atoms with Crippen LogP contribution in [0.1, 0.15) is 19.8 Å². The first-order chi connectivity index (χ1) is 8.04. The van der Waals surface area contributed by atoms with E-state index in [4.69, 9.17) is 5.11 Å². The van der Waals surface area contributed by atoms with Gasteiger partial charge in [0.25, 0.3) is 0 Å². The maximum Gasteiger partial charge on any atom is 0.326 e. The molecule has 1 atom stereocenters. The smallest absolute Gasteiger partial charge is 0.326 e. The van der Waals surface area contributed by atoms with E-state index in [1.807, 2.05) is 6.92 Å². The van der Waals surface area contributed by atoms with E-state index >= 15 is 0 Å². The van der Waals surface area contributed by atoms with Gasteiger partial charge in [-0.05, 0) is 6.42 Å². The fraction of sp³-hybridized carbons (Fsp3) is 0.700. The maximum atomic E-state index is 11.7. The highest BCUT2D eigenvalue weighted by atomic mass is 16.4. The Hall–Kier alpha value is -1.79. The number of rotatable bonds is 4. The number of nitrogens with zero attached hydrogens (tertiary/aromatic N) is 1. The zero-order valence-electron chi connectivity index (χ0n) is 9.73. The van der Waals surface area contributed by atoms with Gasteiger partial charge in [-0.2, -0.15) is 0 Å². The fourth-order valence-corrected chi connectivity index (χ4v) is 1.60. The van der Waals surface area contributed by atoms with Gasteiger partial charge in [0.1, 0.15) is 12.6 Å². The summed E-state index contributed by atoms with van der Waals surface area (Å²) >= 11 is 0. The van der Waals surface area contributed by atoms with E-state index in [0.717, 1.165) is 0 Å². The largest absolute Gasteiger partial charge is 0.480 e. The molecule has 0 bridgehead atoms. The Bertz CT molecular complexity index is 319. The summed E-state index contributed by atoms with van der Waals surface area (Å²) in [5.74, 6) is -1.28. The van der Waals surface area contributed by atoms with Gasteiger partial charge in [0.05, 0.1) is 0 Å². The van der Waals surface area contributed by atoms with Crippen molar-refractivity contribution in [1.29, 1.82) is 0 Å². The fourth-order valence-electron chi connectivity index (χ4n) is 1.60. The van der Waals surface area contributed by atoms with E-state index in [0.29, 0.717) is 25.9 Å². The van der Waals surface area contributed by atoms with E-state index in [1.165, 1.54) is 4.90 Å². The molecule has 0 saturated carbocycles. The maximum absolute atomic E-state index is 11.7. The first kappa shape index (κ1) is 13.3. The molecule has 1 aliphatic heterocycles. The van der Waals surface area contributed by atoms with Crippen molar-refractivity contribution in [3.63, 3.8) is 0 Å². The van der Waals surface area contributed by atoms with E-state index in [9.17, 15) is 14.4 Å². The molecule has 7 nitrogen and oxygen atoms in total. The molecule has 1 aliphatic rings. The second kappa shape index (κ2) is 6.07. The minimum Gasteiger partial charge on any atom is -0.480 e. The summed E-state index contributed by atoms with van der Waals surface area (Å²) in [4.78, 5) is 34.9. The number of carbonyl (C=O) groups excluding carboxylic acids is 2. The number of carboxylic acid groups (broad SMARTS) is 1. The number of hydrogen-bond acceptors (Lipinski definition) is 3. The van der Waals surface area contributed by atoms with Gasteiger partial charge in [-0.25, -0.2) is 9.59 Å². The van der Waals surface area contributed by atoms with Gasteiger partial charge in [-0.3, -0.25) is 4.79 Å². The van der Waals surface area contributed by atoms with E-state index in [1.54, 1.807) is 0 Å². The second-order valence-electron chi connectivity index (χ2n) is 3.90. The first-order valence-electron chi connectivity index (χ1n) is 5.59. The van der Waals surface area contributed by atoms with Crippen molar-refractivity contribution in [2.45, 2.75) is 25.8 Å². The van der Waals surface area contributed by atoms with Gasteiger partial charge in [0.15, 0.2) is 0 Å². The molecule has 7 heteroatoms. The van der Waals surface area contributed by atoms with Crippen LogP contribution in [0.2, 0.25) is 0 Å². The Morgan fingerprint density at radius 1 is 1.59 bits per heavy atom. The van der Waals surface area contributed by atoms with Crippen molar-refractivity contribution in [3.8, 4) is 0 Å². The van der Waals surface area contributed by atoms with Crippen molar-refractivity contribution in [1.82, 2.24) is 15.5 Å². The third-order valence-corrected chi connectivity index (χ3v) is 2.50. The summed E-state index contributed by atoms with van der Waals surface area (Å²) in [7, 11) is 0. The van der Waals surface area contributed by atoms with Crippen molar-refractivity contribution >= 4 is 17.9 Å². The molecule has 96 valence electrons. The van der Waals surface area contributed by atoms with Crippen LogP contribution in [-0.2, 0) is 9.59 Å². The van der Waals surface area contributed by atoms with Gasteiger partial charge >= 0.3 is 12.0 Å². The summed E-state index contributed by atoms with van der Waals surface area (Å²) < 4.78 is 0. The van der Waals surface area contributed by atoms with Gasteiger partial charge in [0.2, 0.25) is 5.91 Å². The van der Waals surface area contributed by atoms with Crippen LogP contribution < -0.4 is 10.6 Å². The molecular weight excluding hydrogens is 226 g/mol. The number of piperazine rings is 1. The molecular formula is C10H17N3O4. The van der Waals surface area contributed by atoms with Crippen molar-refractivity contribution in [3.05, 3.63) is 0 Å². The highest BCUT2D eigenvalue weighted by Gasteiger charge is 2.25. The highest BCUT2D eigenvalue weighted by Crippen LogP contribution is 2.00. The molecule has 0 spiro atoms. The SMILES string of the molecule is CCC[C@H](NC(=O)N1CCNC(=O)C1)C(=O)O. The number of carbonyl (C=O) groups is 3. The summed E-state index contributed by atoms with van der Waals surface area (Å²) in [5, 5.41) is 13.9. The Morgan fingerprint density at radius 2 is 2.29 bits per heavy atom. The molecule has 3 N–H and O–H groups in total. The molecule has 3 amide bonds. The summed E-state index contributed by atoms with van der Waals surface area (Å²) in [5.41, 5.74) is 0. The standard InChI is InChI=1S/C10H17N3O4/c1-2-3-7(9(15)16)12-10(17)13-5-4-11-8(14)6-13/h7H,2-6H2,1H3,(H,11,14)(H,12,17)(H,15,16)/t7-/m0/s1. The molecule has 0 aliphatic carbocycles. The van der Waals surface area contributed by atoms with Crippen LogP contribution in [0, 0.1) is 0 Å². The monoisotopic (exact) mass is 243 g/mol. The predicted molar refractivity (Wildman–Crippen MR) is 59.4 cm³/mol. The van der Waals surface area contributed by atoms with Crippen molar-refractivity contribution in [2.75, 3.05) is 19.6 Å². The Morgan fingerprint density at radius 3 is 2.82 bits per heavy atom. The lowest BCUT2D eigenvalue weighted by Gasteiger charge is -2.28. The molecule has 0 aromatic carbocycles. The minimum absolute atomic E-state index is 0.0235. The van der Waals surface area contributed by atoms with E-state index in [-0.39, 0.29) is 12.5 Å². The molecule has 0 aromatic rings. The molecule has 0 unspecified atom stereocenters. The Labute approximate surface area is 99.2 Å². The number of aliphatic carboxylic acids is 1. The van der Waals surface area contributed by atoms with Gasteiger partial charge in [-0.1, -0.05) is 13.3 Å². The predicted octanol–water partition coefficient (Wildman–Crippen LogP) is -0.619. The van der Waals surface area contributed by atoms with Crippen LogP contribution in [0.4, 0.5) is 4.79 Å². The molecule has 1 fully saturated rings. The Balaban J connectivity index is 2.51. The highest BCUT2D eigenvalue weighted by molar-refractivity contribution is 5.87. The minimum atomic E-state index is -1.05. The molecule has 0 radical (unpaired) electrons. The number of amides is 3. The Kier molecular flexibility index (Phi) is 4.74. The normalized spacial score (nSPS) is 17.2. The summed E-state index contributed by atoms with van der Waals surface area (Å²) in [6.07, 6.45) is 1.04. The summed E-state index contributed by atoms with van der Waals surface area (Å²) in [6, 6.07) is -1.39. The van der Waals surface area contributed by atoms with Gasteiger partial charge in [0, 0.05) is 13.1 Å². The average molecular weight is 243 g/mol.